The summed E-state index contributed by atoms with van der Waals surface area (Å²) in [6.45, 7) is 4.48. The average Bonchev–Trinajstić information content (AvgIpc) is 2.32. The molecule has 1 amide bonds. The van der Waals surface area contributed by atoms with Crippen LogP contribution in [0.2, 0.25) is 0 Å². The predicted molar refractivity (Wildman–Crippen MR) is 71.9 cm³/mol. The number of nitrogens with two attached hydrogens (primary N) is 1. The first-order valence-corrected chi connectivity index (χ1v) is 6.12. The van der Waals surface area contributed by atoms with Gasteiger partial charge in [-0.15, -0.1) is 0 Å². The van der Waals surface area contributed by atoms with Crippen LogP contribution < -0.4 is 15.4 Å². The van der Waals surface area contributed by atoms with Gasteiger partial charge in [0, 0.05) is 43.6 Å². The molecule has 1 aliphatic heterocycles. The van der Waals surface area contributed by atoms with Crippen LogP contribution in [0.5, 0.6) is 5.75 Å². The summed E-state index contributed by atoms with van der Waals surface area (Å²) >= 11 is 0. The number of piperazine rings is 1. The molecule has 1 saturated heterocycles. The van der Waals surface area contributed by atoms with Crippen molar-refractivity contribution in [2.45, 2.75) is 6.92 Å². The molecule has 0 unspecified atom stereocenters. The fourth-order valence-electron chi connectivity index (χ4n) is 2.02. The van der Waals surface area contributed by atoms with Crippen molar-refractivity contribution in [1.82, 2.24) is 4.90 Å². The molecule has 0 aromatic heterocycles. The molecule has 0 saturated carbocycles. The molecular weight excluding hydrogens is 230 g/mol. The second-order valence-corrected chi connectivity index (χ2v) is 4.43. The van der Waals surface area contributed by atoms with E-state index in [0.29, 0.717) is 18.8 Å². The molecule has 1 aromatic carbocycles. The van der Waals surface area contributed by atoms with E-state index >= 15 is 0 Å². The second kappa shape index (κ2) is 5.16. The first kappa shape index (κ1) is 12.5. The molecule has 5 nitrogen and oxygen atoms in total. The van der Waals surface area contributed by atoms with Gasteiger partial charge in [-0.1, -0.05) is 0 Å². The number of carbonyl (C=O) groups is 1. The van der Waals surface area contributed by atoms with Crippen LogP contribution in [0.4, 0.5) is 11.4 Å². The van der Waals surface area contributed by atoms with Gasteiger partial charge >= 0.3 is 0 Å². The van der Waals surface area contributed by atoms with Gasteiger partial charge in [-0.2, -0.15) is 0 Å². The normalized spacial score (nSPS) is 16.0. The van der Waals surface area contributed by atoms with E-state index in [1.165, 1.54) is 0 Å². The number of nitrogen functional groups attached to an aromatic ring is 1. The SMILES string of the molecule is CCOc1cc(N)cc(N2CCN(C)C(=O)C2)c1. The van der Waals surface area contributed by atoms with E-state index in [-0.39, 0.29) is 5.91 Å². The van der Waals surface area contributed by atoms with Crippen LogP contribution in [0.15, 0.2) is 18.2 Å². The highest BCUT2D eigenvalue weighted by Gasteiger charge is 2.21. The van der Waals surface area contributed by atoms with Crippen LogP contribution in [0.25, 0.3) is 0 Å². The minimum atomic E-state index is 0.127. The summed E-state index contributed by atoms with van der Waals surface area (Å²) in [5.74, 6) is 0.875. The van der Waals surface area contributed by atoms with Crippen molar-refractivity contribution in [3.63, 3.8) is 0 Å². The van der Waals surface area contributed by atoms with Crippen molar-refractivity contribution in [1.29, 1.82) is 0 Å². The lowest BCUT2D eigenvalue weighted by Crippen LogP contribution is -2.48. The number of hydrogen-bond acceptors (Lipinski definition) is 4. The maximum absolute atomic E-state index is 11.7. The summed E-state index contributed by atoms with van der Waals surface area (Å²) in [6, 6.07) is 5.60. The Labute approximate surface area is 107 Å². The van der Waals surface area contributed by atoms with Crippen molar-refractivity contribution in [2.24, 2.45) is 0 Å². The number of rotatable bonds is 3. The molecule has 1 aliphatic rings. The minimum absolute atomic E-state index is 0.127. The molecule has 98 valence electrons. The monoisotopic (exact) mass is 249 g/mol. The van der Waals surface area contributed by atoms with Gasteiger partial charge in [-0.05, 0) is 13.0 Å². The van der Waals surface area contributed by atoms with Crippen molar-refractivity contribution in [3.8, 4) is 5.75 Å². The molecule has 0 aliphatic carbocycles. The third-order valence-corrected chi connectivity index (χ3v) is 3.05. The van der Waals surface area contributed by atoms with Gasteiger partial charge < -0.3 is 20.3 Å². The van der Waals surface area contributed by atoms with E-state index in [1.54, 1.807) is 11.0 Å². The lowest BCUT2D eigenvalue weighted by atomic mass is 10.2. The Balaban J connectivity index is 2.19. The van der Waals surface area contributed by atoms with Crippen molar-refractivity contribution in [2.75, 3.05) is 43.9 Å². The third kappa shape index (κ3) is 2.67. The molecule has 1 aromatic rings. The van der Waals surface area contributed by atoms with Crippen LogP contribution in [0.3, 0.4) is 0 Å². The van der Waals surface area contributed by atoms with E-state index in [2.05, 4.69) is 0 Å². The van der Waals surface area contributed by atoms with Crippen LogP contribution in [-0.2, 0) is 4.79 Å². The average molecular weight is 249 g/mol. The Bertz CT molecular complexity index is 448. The van der Waals surface area contributed by atoms with E-state index in [1.807, 2.05) is 31.0 Å². The van der Waals surface area contributed by atoms with Gasteiger partial charge in [-0.25, -0.2) is 0 Å². The molecular formula is C13H19N3O2. The molecule has 0 radical (unpaired) electrons. The zero-order chi connectivity index (χ0) is 13.1. The molecule has 2 rings (SSSR count). The number of nitrogens with zero attached hydrogens (tertiary/aromatic N) is 2. The molecule has 0 bridgehead atoms. The molecule has 5 heteroatoms. The third-order valence-electron chi connectivity index (χ3n) is 3.05. The van der Waals surface area contributed by atoms with Crippen molar-refractivity contribution < 1.29 is 9.53 Å². The number of amides is 1. The van der Waals surface area contributed by atoms with Gasteiger partial charge in [0.25, 0.3) is 0 Å². The van der Waals surface area contributed by atoms with Crippen LogP contribution in [-0.4, -0.2) is 44.1 Å². The van der Waals surface area contributed by atoms with Gasteiger partial charge in [0.05, 0.1) is 13.2 Å². The highest BCUT2D eigenvalue weighted by Crippen LogP contribution is 2.26. The Hall–Kier alpha value is -1.91. The summed E-state index contributed by atoms with van der Waals surface area (Å²) < 4.78 is 5.46. The van der Waals surface area contributed by atoms with E-state index < -0.39 is 0 Å². The van der Waals surface area contributed by atoms with E-state index in [0.717, 1.165) is 24.5 Å². The topological polar surface area (TPSA) is 58.8 Å². The first-order chi connectivity index (χ1) is 8.60. The Morgan fingerprint density at radius 3 is 2.78 bits per heavy atom. The summed E-state index contributed by atoms with van der Waals surface area (Å²) in [4.78, 5) is 15.5. The van der Waals surface area contributed by atoms with Gasteiger partial charge in [-0.3, -0.25) is 4.79 Å². The fourth-order valence-corrected chi connectivity index (χ4v) is 2.02. The first-order valence-electron chi connectivity index (χ1n) is 6.12. The molecule has 1 fully saturated rings. The summed E-state index contributed by atoms with van der Waals surface area (Å²) in [7, 11) is 1.82. The summed E-state index contributed by atoms with van der Waals surface area (Å²) in [5.41, 5.74) is 7.46. The minimum Gasteiger partial charge on any atom is -0.494 e. The standard InChI is InChI=1S/C13H19N3O2/c1-3-18-12-7-10(14)6-11(8-12)16-5-4-15(2)13(17)9-16/h6-8H,3-5,9,14H2,1-2H3. The van der Waals surface area contributed by atoms with Crippen molar-refractivity contribution >= 4 is 17.3 Å². The molecule has 1 heterocycles. The van der Waals surface area contributed by atoms with Crippen LogP contribution in [0, 0.1) is 0 Å². The predicted octanol–water partition coefficient (Wildman–Crippen LogP) is 0.946. The molecule has 0 spiro atoms. The quantitative estimate of drug-likeness (QED) is 0.810. The lowest BCUT2D eigenvalue weighted by molar-refractivity contribution is -0.129. The summed E-state index contributed by atoms with van der Waals surface area (Å²) in [5, 5.41) is 0. The smallest absolute Gasteiger partial charge is 0.241 e. The number of likely N-dealkylation sites (N-methyl/N-ethyl adjacent to an activating group) is 1. The number of carbonyl (C=O) groups excluding carboxylic acids is 1. The zero-order valence-electron chi connectivity index (χ0n) is 10.8. The number of anilines is 2. The Morgan fingerprint density at radius 1 is 1.33 bits per heavy atom. The van der Waals surface area contributed by atoms with Gasteiger partial charge in [0.2, 0.25) is 5.91 Å². The van der Waals surface area contributed by atoms with E-state index in [9.17, 15) is 4.79 Å². The number of hydrogen-bond donors (Lipinski definition) is 1. The molecule has 0 atom stereocenters. The van der Waals surface area contributed by atoms with Gasteiger partial charge in [0.15, 0.2) is 0 Å². The molecule has 18 heavy (non-hydrogen) atoms. The summed E-state index contributed by atoms with van der Waals surface area (Å²) in [6.07, 6.45) is 0. The number of ether oxygens (including phenoxy) is 1. The Kier molecular flexibility index (Phi) is 3.60. The Morgan fingerprint density at radius 2 is 2.11 bits per heavy atom. The second-order valence-electron chi connectivity index (χ2n) is 4.43. The van der Waals surface area contributed by atoms with E-state index in [4.69, 9.17) is 10.5 Å². The highest BCUT2D eigenvalue weighted by molar-refractivity contribution is 5.83. The van der Waals surface area contributed by atoms with Gasteiger partial charge in [0.1, 0.15) is 5.75 Å². The maximum atomic E-state index is 11.7. The zero-order valence-corrected chi connectivity index (χ0v) is 10.8. The van der Waals surface area contributed by atoms with Crippen LogP contribution in [0.1, 0.15) is 6.92 Å². The fraction of sp³-hybridized carbons (Fsp3) is 0.462. The maximum Gasteiger partial charge on any atom is 0.241 e. The van der Waals surface area contributed by atoms with Crippen molar-refractivity contribution in [3.05, 3.63) is 18.2 Å². The van der Waals surface area contributed by atoms with Crippen LogP contribution >= 0.6 is 0 Å². The largest absolute Gasteiger partial charge is 0.494 e. The molecule has 2 N–H and O–H groups in total. The number of benzene rings is 1. The highest BCUT2D eigenvalue weighted by atomic mass is 16.5. The lowest BCUT2D eigenvalue weighted by Gasteiger charge is -2.33.